The third-order valence-corrected chi connectivity index (χ3v) is 8.70. The van der Waals surface area contributed by atoms with Gasteiger partial charge in [0.25, 0.3) is 0 Å². The van der Waals surface area contributed by atoms with Gasteiger partial charge in [-0.05, 0) is 25.8 Å². The number of ether oxygens (including phenoxy) is 5. The standard InChI is InChI=1S/C27H30O10/c1-16-8-10-33-21(28)5-3-4-6-22(29)37-18-13-20-27(15-35-27)25(18,2)26(14-34-23(30)11-16)9-7-17(24(31)32)12-19(26)36-20/h3-6,11-12,18-20H,7-10,13-15H2,1-2H3,(H,31,32)/b5-3+,6-4-,16-11+/t18-,19-,20-,25-,26-,27+/m1/s1. The summed E-state index contributed by atoms with van der Waals surface area (Å²) in [6.45, 7) is 4.12. The first-order valence-electron chi connectivity index (χ1n) is 12.4. The van der Waals surface area contributed by atoms with Crippen molar-refractivity contribution in [3.05, 3.63) is 47.6 Å². The van der Waals surface area contributed by atoms with Crippen LogP contribution in [-0.2, 0) is 42.9 Å². The number of cyclic esters (lactones) is 2. The van der Waals surface area contributed by atoms with E-state index in [-0.39, 0.29) is 25.2 Å². The van der Waals surface area contributed by atoms with E-state index in [0.29, 0.717) is 31.4 Å². The Labute approximate surface area is 213 Å². The summed E-state index contributed by atoms with van der Waals surface area (Å²) in [6.07, 6.45) is 7.77. The Morgan fingerprint density at radius 2 is 1.73 bits per heavy atom. The van der Waals surface area contributed by atoms with E-state index in [4.69, 9.17) is 23.7 Å². The molecule has 10 heteroatoms. The predicted octanol–water partition coefficient (Wildman–Crippen LogP) is 2.18. The van der Waals surface area contributed by atoms with Gasteiger partial charge >= 0.3 is 23.9 Å². The van der Waals surface area contributed by atoms with Crippen LogP contribution in [0.3, 0.4) is 0 Å². The zero-order valence-electron chi connectivity index (χ0n) is 20.8. The number of aliphatic carboxylic acids is 1. The van der Waals surface area contributed by atoms with Crippen LogP contribution in [0.25, 0.3) is 0 Å². The molecule has 1 saturated carbocycles. The monoisotopic (exact) mass is 514 g/mol. The lowest BCUT2D eigenvalue weighted by Gasteiger charge is -2.58. The van der Waals surface area contributed by atoms with Crippen LogP contribution in [0.5, 0.6) is 0 Å². The van der Waals surface area contributed by atoms with E-state index in [1.54, 1.807) is 13.0 Å². The average molecular weight is 515 g/mol. The number of rotatable bonds is 1. The van der Waals surface area contributed by atoms with Crippen LogP contribution in [0.2, 0.25) is 0 Å². The van der Waals surface area contributed by atoms with Gasteiger partial charge in [-0.2, -0.15) is 0 Å². The summed E-state index contributed by atoms with van der Waals surface area (Å²) < 4.78 is 29.3. The summed E-state index contributed by atoms with van der Waals surface area (Å²) in [5, 5.41) is 9.65. The quantitative estimate of drug-likeness (QED) is 0.315. The lowest BCUT2D eigenvalue weighted by molar-refractivity contribution is -0.232. The summed E-state index contributed by atoms with van der Waals surface area (Å²) in [5.74, 6) is -2.77. The molecular formula is C27H30O10. The highest BCUT2D eigenvalue weighted by molar-refractivity contribution is 5.87. The Kier molecular flexibility index (Phi) is 6.35. The third-order valence-electron chi connectivity index (χ3n) is 8.70. The summed E-state index contributed by atoms with van der Waals surface area (Å²) in [7, 11) is 0. The number of allylic oxidation sites excluding steroid dienone is 2. The number of esters is 3. The van der Waals surface area contributed by atoms with E-state index in [9.17, 15) is 24.3 Å². The second-order valence-electron chi connectivity index (χ2n) is 10.5. The first-order chi connectivity index (χ1) is 17.6. The van der Waals surface area contributed by atoms with Gasteiger partial charge < -0.3 is 28.8 Å². The first kappa shape index (κ1) is 25.4. The van der Waals surface area contributed by atoms with Gasteiger partial charge in [-0.15, -0.1) is 0 Å². The van der Waals surface area contributed by atoms with Gasteiger partial charge in [-0.25, -0.2) is 19.2 Å². The van der Waals surface area contributed by atoms with Crippen LogP contribution in [0, 0.1) is 10.8 Å². The Balaban J connectivity index is 1.55. The van der Waals surface area contributed by atoms with Gasteiger partial charge in [0.1, 0.15) is 18.3 Å². The molecule has 0 aromatic carbocycles. The molecule has 0 unspecified atom stereocenters. The maximum absolute atomic E-state index is 12.8. The molecule has 6 atom stereocenters. The number of hydrogen-bond donors (Lipinski definition) is 1. The van der Waals surface area contributed by atoms with E-state index < -0.39 is 58.6 Å². The highest BCUT2D eigenvalue weighted by atomic mass is 16.6. The number of carbonyl (C=O) groups is 4. The molecule has 0 aromatic rings. The van der Waals surface area contributed by atoms with Gasteiger partial charge in [0.2, 0.25) is 0 Å². The normalized spacial score (nSPS) is 43.0. The summed E-state index contributed by atoms with van der Waals surface area (Å²) in [5.41, 5.74) is -1.51. The van der Waals surface area contributed by atoms with Gasteiger partial charge in [-0.1, -0.05) is 24.6 Å². The van der Waals surface area contributed by atoms with Crippen molar-refractivity contribution in [2.24, 2.45) is 10.8 Å². The first-order valence-corrected chi connectivity index (χ1v) is 12.4. The van der Waals surface area contributed by atoms with E-state index in [1.165, 1.54) is 30.4 Å². The van der Waals surface area contributed by atoms with Crippen LogP contribution in [0.15, 0.2) is 47.6 Å². The molecule has 10 nitrogen and oxygen atoms in total. The maximum Gasteiger partial charge on any atom is 0.331 e. The number of carbonyl (C=O) groups excluding carboxylic acids is 3. The molecule has 5 aliphatic rings. The molecule has 198 valence electrons. The van der Waals surface area contributed by atoms with E-state index in [2.05, 4.69) is 0 Å². The van der Waals surface area contributed by atoms with E-state index in [1.807, 2.05) is 6.92 Å². The van der Waals surface area contributed by atoms with Gasteiger partial charge in [0, 0.05) is 42.1 Å². The zero-order valence-corrected chi connectivity index (χ0v) is 20.8. The minimum absolute atomic E-state index is 0.0698. The molecular weight excluding hydrogens is 484 g/mol. The minimum Gasteiger partial charge on any atom is -0.478 e. The Hall–Kier alpha value is -3.24. The van der Waals surface area contributed by atoms with Crippen molar-refractivity contribution in [3.63, 3.8) is 0 Å². The van der Waals surface area contributed by atoms with Crippen LogP contribution >= 0.6 is 0 Å². The Morgan fingerprint density at radius 1 is 1.00 bits per heavy atom. The second kappa shape index (κ2) is 9.25. The smallest absolute Gasteiger partial charge is 0.331 e. The number of epoxide rings is 1. The molecule has 2 aliphatic carbocycles. The Morgan fingerprint density at radius 3 is 2.43 bits per heavy atom. The number of carboxylic acid groups (broad SMARTS) is 1. The lowest BCUT2D eigenvalue weighted by atomic mass is 9.51. The fourth-order valence-electron chi connectivity index (χ4n) is 6.50. The molecule has 3 fully saturated rings. The molecule has 2 bridgehead atoms. The van der Waals surface area contributed by atoms with Gasteiger partial charge in [0.15, 0.2) is 0 Å². The van der Waals surface area contributed by atoms with Gasteiger partial charge in [0.05, 0.1) is 30.8 Å². The SMILES string of the molecule is C/C1=C\C(=O)OC[C@]23CCC(C(=O)O)=C[C@H]2O[C@@H]2C[C@@H](OC(=O)/C=C\C=C\C(=O)OCC1)[C@@]3(C)[C@]21CO1. The largest absolute Gasteiger partial charge is 0.478 e. The second-order valence-corrected chi connectivity index (χ2v) is 10.5. The van der Waals surface area contributed by atoms with Crippen molar-refractivity contribution >= 4 is 23.9 Å². The third kappa shape index (κ3) is 4.12. The van der Waals surface area contributed by atoms with Crippen LogP contribution in [0.1, 0.15) is 39.5 Å². The number of carboxylic acids is 1. The number of hydrogen-bond acceptors (Lipinski definition) is 9. The molecule has 2 spiro atoms. The van der Waals surface area contributed by atoms with Crippen molar-refractivity contribution in [3.8, 4) is 0 Å². The van der Waals surface area contributed by atoms with Crippen molar-refractivity contribution in [2.45, 2.75) is 63.4 Å². The molecule has 0 amide bonds. The fourth-order valence-corrected chi connectivity index (χ4v) is 6.50. The molecule has 3 heterocycles. The van der Waals surface area contributed by atoms with Crippen molar-refractivity contribution < 1.29 is 48.0 Å². The predicted molar refractivity (Wildman–Crippen MR) is 126 cm³/mol. The topological polar surface area (TPSA) is 138 Å². The van der Waals surface area contributed by atoms with E-state index in [0.717, 1.165) is 0 Å². The Bertz CT molecular complexity index is 1140. The molecule has 0 aromatic heterocycles. The van der Waals surface area contributed by atoms with Crippen LogP contribution in [0.4, 0.5) is 0 Å². The summed E-state index contributed by atoms with van der Waals surface area (Å²) in [4.78, 5) is 49.2. The lowest BCUT2D eigenvalue weighted by Crippen LogP contribution is -2.67. The highest BCUT2D eigenvalue weighted by Gasteiger charge is 2.83. The van der Waals surface area contributed by atoms with Crippen molar-refractivity contribution in [1.82, 2.24) is 0 Å². The van der Waals surface area contributed by atoms with Gasteiger partial charge in [-0.3, -0.25) is 0 Å². The molecule has 0 radical (unpaired) electrons. The summed E-state index contributed by atoms with van der Waals surface area (Å²) >= 11 is 0. The molecule has 2 saturated heterocycles. The molecule has 1 N–H and O–H groups in total. The van der Waals surface area contributed by atoms with E-state index >= 15 is 0 Å². The average Bonchev–Trinajstić information content (AvgIpc) is 3.62. The molecule has 3 aliphatic heterocycles. The summed E-state index contributed by atoms with van der Waals surface area (Å²) in [6, 6.07) is 0. The van der Waals surface area contributed by atoms with Crippen LogP contribution in [-0.4, -0.2) is 72.7 Å². The van der Waals surface area contributed by atoms with Crippen molar-refractivity contribution in [2.75, 3.05) is 19.8 Å². The zero-order chi connectivity index (χ0) is 26.4. The minimum atomic E-state index is -1.02. The molecule has 5 rings (SSSR count). The fraction of sp³-hybridized carbons (Fsp3) is 0.556. The molecule has 37 heavy (non-hydrogen) atoms. The van der Waals surface area contributed by atoms with Crippen molar-refractivity contribution in [1.29, 1.82) is 0 Å². The highest BCUT2D eigenvalue weighted by Crippen LogP contribution is 2.72. The maximum atomic E-state index is 12.8. The van der Waals surface area contributed by atoms with Crippen LogP contribution < -0.4 is 0 Å².